The molecular formula is C42H55NO6SSi. The molecule has 4 aromatic rings. The number of aliphatic hydroxyl groups is 1. The van der Waals surface area contributed by atoms with E-state index in [1.807, 2.05) is 67.6 Å². The first-order valence-electron chi connectivity index (χ1n) is 17.7. The highest BCUT2D eigenvalue weighted by atomic mass is 32.2. The van der Waals surface area contributed by atoms with Crippen LogP contribution in [0.2, 0.25) is 5.04 Å². The number of hydrogen-bond acceptors (Lipinski definition) is 6. The van der Waals surface area contributed by atoms with Gasteiger partial charge in [-0.1, -0.05) is 113 Å². The second-order valence-electron chi connectivity index (χ2n) is 14.2. The van der Waals surface area contributed by atoms with Crippen molar-refractivity contribution in [3.63, 3.8) is 0 Å². The van der Waals surface area contributed by atoms with E-state index >= 15 is 0 Å². The standard InChI is InChI=1S/C42H55NO6SSi/c1-34(16-15-30-44)41(21-13-14-31-49-51(42(2,3)4,39-17-9-7-10-18-39)40-19-11-8-12-20-40)50(45,46)43(32-35-22-26-37(47-5)27-23-35)33-36-24-28-38(48-6)29-25-36/h7-12,15,17-20,22-30,34,41,44H,13-14,16,21,31-33H2,1-6H3. The SMILES string of the molecule is COc1ccc(CN(Cc2ccc(OC)cc2)S(=O)(=O)C(CCCCO[Si](c2ccccc2)(c2ccccc2)C(C)(C)C)C(C)CC=CO)cc1. The molecule has 2 unspecified atom stereocenters. The van der Waals surface area contributed by atoms with Crippen LogP contribution in [0.3, 0.4) is 0 Å². The van der Waals surface area contributed by atoms with Crippen molar-refractivity contribution in [3.8, 4) is 11.5 Å². The van der Waals surface area contributed by atoms with E-state index in [9.17, 15) is 13.5 Å². The van der Waals surface area contributed by atoms with Crippen molar-refractivity contribution in [2.24, 2.45) is 5.92 Å². The molecule has 0 aliphatic heterocycles. The number of aliphatic hydroxyl groups excluding tert-OH is 1. The van der Waals surface area contributed by atoms with Crippen LogP contribution >= 0.6 is 0 Å². The Kier molecular flexibility index (Phi) is 14.5. The lowest BCUT2D eigenvalue weighted by molar-refractivity contribution is 0.284. The average Bonchev–Trinajstić information content (AvgIpc) is 3.14. The lowest BCUT2D eigenvalue weighted by Gasteiger charge is -2.43. The van der Waals surface area contributed by atoms with Crippen molar-refractivity contribution in [3.05, 3.63) is 133 Å². The molecule has 0 saturated heterocycles. The first kappa shape index (κ1) is 39.9. The first-order valence-corrected chi connectivity index (χ1v) is 21.2. The zero-order chi connectivity index (χ0) is 36.9. The summed E-state index contributed by atoms with van der Waals surface area (Å²) in [4.78, 5) is 0. The van der Waals surface area contributed by atoms with Crippen molar-refractivity contribution in [1.29, 1.82) is 0 Å². The lowest BCUT2D eigenvalue weighted by atomic mass is 9.99. The Bertz CT molecular complexity index is 1650. The molecule has 0 aromatic heterocycles. The number of hydrogen-bond donors (Lipinski definition) is 1. The van der Waals surface area contributed by atoms with Gasteiger partial charge in [0.1, 0.15) is 11.5 Å². The van der Waals surface area contributed by atoms with Crippen LogP contribution in [0.5, 0.6) is 11.5 Å². The third kappa shape index (κ3) is 10.1. The Hall–Kier alpha value is -3.89. The normalized spacial score (nSPS) is 13.7. The summed E-state index contributed by atoms with van der Waals surface area (Å²) in [5.74, 6) is 1.20. The molecule has 0 aliphatic carbocycles. The highest BCUT2D eigenvalue weighted by Gasteiger charge is 2.50. The van der Waals surface area contributed by atoms with E-state index in [4.69, 9.17) is 13.9 Å². The van der Waals surface area contributed by atoms with Gasteiger partial charge >= 0.3 is 0 Å². The molecule has 51 heavy (non-hydrogen) atoms. The van der Waals surface area contributed by atoms with Gasteiger partial charge in [-0.2, -0.15) is 4.31 Å². The molecule has 0 aliphatic rings. The second kappa shape index (κ2) is 18.6. The molecule has 0 radical (unpaired) electrons. The van der Waals surface area contributed by atoms with E-state index < -0.39 is 23.6 Å². The maximum absolute atomic E-state index is 14.8. The van der Waals surface area contributed by atoms with Crippen LogP contribution in [0.25, 0.3) is 0 Å². The fourth-order valence-electron chi connectivity index (χ4n) is 6.89. The Labute approximate surface area is 307 Å². The fourth-order valence-corrected chi connectivity index (χ4v) is 13.7. The summed E-state index contributed by atoms with van der Waals surface area (Å²) in [6.45, 7) is 9.70. The summed E-state index contributed by atoms with van der Waals surface area (Å²) in [6, 6.07) is 36.2. The summed E-state index contributed by atoms with van der Waals surface area (Å²) < 4.78 is 49.0. The van der Waals surface area contributed by atoms with Crippen LogP contribution in [0, 0.1) is 5.92 Å². The number of allylic oxidation sites excluding steroid dienone is 1. The monoisotopic (exact) mass is 729 g/mol. The Balaban J connectivity index is 1.59. The number of nitrogens with zero attached hydrogens (tertiary/aromatic N) is 1. The van der Waals surface area contributed by atoms with Crippen molar-refractivity contribution < 1.29 is 27.4 Å². The maximum atomic E-state index is 14.8. The van der Waals surface area contributed by atoms with E-state index in [1.54, 1.807) is 24.6 Å². The van der Waals surface area contributed by atoms with Crippen molar-refractivity contribution >= 4 is 28.7 Å². The summed E-state index contributed by atoms with van der Waals surface area (Å²) in [6.07, 6.45) is 4.94. The molecule has 0 amide bonds. The van der Waals surface area contributed by atoms with E-state index in [0.29, 0.717) is 37.4 Å². The van der Waals surface area contributed by atoms with Crippen molar-refractivity contribution in [2.45, 2.75) is 76.8 Å². The maximum Gasteiger partial charge on any atom is 0.261 e. The summed E-state index contributed by atoms with van der Waals surface area (Å²) in [5.41, 5.74) is 1.74. The molecule has 4 aromatic carbocycles. The summed E-state index contributed by atoms with van der Waals surface area (Å²) in [7, 11) is -3.30. The molecule has 0 saturated carbocycles. The molecule has 9 heteroatoms. The number of benzene rings is 4. The van der Waals surface area contributed by atoms with E-state index in [0.717, 1.165) is 23.8 Å². The van der Waals surface area contributed by atoms with Crippen LogP contribution < -0.4 is 19.8 Å². The molecule has 0 bridgehead atoms. The van der Waals surface area contributed by atoms with Gasteiger partial charge in [0.2, 0.25) is 10.0 Å². The largest absolute Gasteiger partial charge is 0.516 e. The van der Waals surface area contributed by atoms with Gasteiger partial charge in [-0.15, -0.1) is 0 Å². The average molecular weight is 730 g/mol. The van der Waals surface area contributed by atoms with Gasteiger partial charge in [0.05, 0.1) is 25.7 Å². The summed E-state index contributed by atoms with van der Waals surface area (Å²) >= 11 is 0. The highest BCUT2D eigenvalue weighted by molar-refractivity contribution is 7.89. The molecule has 0 fully saturated rings. The molecule has 274 valence electrons. The predicted octanol–water partition coefficient (Wildman–Crippen LogP) is 8.25. The second-order valence-corrected chi connectivity index (χ2v) is 20.6. The first-order chi connectivity index (χ1) is 24.5. The van der Waals surface area contributed by atoms with E-state index in [2.05, 4.69) is 69.3 Å². The highest BCUT2D eigenvalue weighted by Crippen LogP contribution is 2.37. The smallest absolute Gasteiger partial charge is 0.261 e. The Morgan fingerprint density at radius 3 is 1.63 bits per heavy atom. The Morgan fingerprint density at radius 2 is 1.22 bits per heavy atom. The number of methoxy groups -OCH3 is 2. The van der Waals surface area contributed by atoms with Gasteiger partial charge < -0.3 is 19.0 Å². The van der Waals surface area contributed by atoms with Crippen LogP contribution in [-0.4, -0.2) is 52.2 Å². The summed E-state index contributed by atoms with van der Waals surface area (Å²) in [5, 5.41) is 11.1. The molecule has 4 rings (SSSR count). The van der Waals surface area contributed by atoms with Gasteiger partial charge in [-0.3, -0.25) is 0 Å². The van der Waals surface area contributed by atoms with Gasteiger partial charge in [-0.05, 0) is 88.5 Å². The molecular weight excluding hydrogens is 675 g/mol. The van der Waals surface area contributed by atoms with E-state index in [1.165, 1.54) is 10.4 Å². The fraction of sp³-hybridized carbons (Fsp3) is 0.381. The minimum Gasteiger partial charge on any atom is -0.516 e. The quantitative estimate of drug-likeness (QED) is 0.0595. The minimum atomic E-state index is -3.82. The molecule has 7 nitrogen and oxygen atoms in total. The zero-order valence-electron chi connectivity index (χ0n) is 31.0. The van der Waals surface area contributed by atoms with Gasteiger partial charge in [0.15, 0.2) is 0 Å². The molecule has 1 N–H and O–H groups in total. The molecule has 0 spiro atoms. The van der Waals surface area contributed by atoms with Crippen molar-refractivity contribution in [1.82, 2.24) is 4.31 Å². The topological polar surface area (TPSA) is 85.3 Å². The third-order valence-corrected chi connectivity index (χ3v) is 17.1. The van der Waals surface area contributed by atoms with Crippen LogP contribution in [0.15, 0.2) is 122 Å². The number of unbranched alkanes of at least 4 members (excludes halogenated alkanes) is 1. The van der Waals surface area contributed by atoms with Crippen LogP contribution in [0.4, 0.5) is 0 Å². The zero-order valence-corrected chi connectivity index (χ0v) is 32.8. The molecule has 2 atom stereocenters. The third-order valence-electron chi connectivity index (χ3n) is 9.64. The molecule has 0 heterocycles. The lowest BCUT2D eigenvalue weighted by Crippen LogP contribution is -2.66. The van der Waals surface area contributed by atoms with Gasteiger partial charge in [0.25, 0.3) is 8.32 Å². The van der Waals surface area contributed by atoms with Crippen LogP contribution in [-0.2, 0) is 27.5 Å². The van der Waals surface area contributed by atoms with Crippen molar-refractivity contribution in [2.75, 3.05) is 20.8 Å². The van der Waals surface area contributed by atoms with Gasteiger partial charge in [0, 0.05) is 19.7 Å². The predicted molar refractivity (Wildman–Crippen MR) is 211 cm³/mol. The number of sulfonamides is 1. The number of rotatable bonds is 19. The van der Waals surface area contributed by atoms with Crippen LogP contribution in [0.1, 0.15) is 64.5 Å². The van der Waals surface area contributed by atoms with Gasteiger partial charge in [-0.25, -0.2) is 8.42 Å². The number of ether oxygens (including phenoxy) is 2. The van der Waals surface area contributed by atoms with E-state index in [-0.39, 0.29) is 24.0 Å². The Morgan fingerprint density at radius 1 is 0.745 bits per heavy atom. The minimum absolute atomic E-state index is 0.143.